The Bertz CT molecular complexity index is 943. The molecule has 1 amide bonds. The van der Waals surface area contributed by atoms with Crippen LogP contribution in [0.1, 0.15) is 41.4 Å². The van der Waals surface area contributed by atoms with E-state index in [0.29, 0.717) is 13.2 Å². The quantitative estimate of drug-likeness (QED) is 0.868. The lowest BCUT2D eigenvalue weighted by molar-refractivity contribution is 0.0388. The van der Waals surface area contributed by atoms with E-state index in [2.05, 4.69) is 0 Å². The molecule has 1 N–H and O–H groups in total. The number of hydrogen-bond acceptors (Lipinski definition) is 5. The second-order valence-electron chi connectivity index (χ2n) is 7.07. The molecule has 2 aliphatic heterocycles. The number of aromatic hydroxyl groups is 1. The summed E-state index contributed by atoms with van der Waals surface area (Å²) in [4.78, 5) is 26.7. The number of amides is 1. The van der Waals surface area contributed by atoms with Gasteiger partial charge in [-0.05, 0) is 37.0 Å². The Morgan fingerprint density at radius 2 is 1.93 bits per heavy atom. The van der Waals surface area contributed by atoms with Gasteiger partial charge in [-0.1, -0.05) is 12.1 Å². The average molecular weight is 387 g/mol. The zero-order valence-corrected chi connectivity index (χ0v) is 15.5. The summed E-state index contributed by atoms with van der Waals surface area (Å²) < 4.78 is 20.2. The Morgan fingerprint density at radius 1 is 1.18 bits per heavy atom. The molecule has 4 rings (SSSR count). The second-order valence-corrected chi connectivity index (χ2v) is 7.07. The molecular weight excluding hydrogens is 365 g/mol. The van der Waals surface area contributed by atoms with Crippen molar-refractivity contribution in [1.82, 2.24) is 9.58 Å². The van der Waals surface area contributed by atoms with E-state index in [-0.39, 0.29) is 23.7 Å². The summed E-state index contributed by atoms with van der Waals surface area (Å²) in [5.74, 6) is -1.27. The molecule has 2 unspecified atom stereocenters. The van der Waals surface area contributed by atoms with E-state index < -0.39 is 17.1 Å². The number of methoxy groups -OCH3 is 1. The van der Waals surface area contributed by atoms with Crippen LogP contribution in [-0.2, 0) is 4.74 Å². The highest BCUT2D eigenvalue weighted by Gasteiger charge is 2.44. The number of halogens is 1. The van der Waals surface area contributed by atoms with Crippen molar-refractivity contribution in [3.8, 4) is 5.75 Å². The first kappa shape index (κ1) is 18.5. The maximum Gasteiger partial charge on any atom is 0.278 e. The summed E-state index contributed by atoms with van der Waals surface area (Å²) in [7, 11) is 1.56. The third-order valence-corrected chi connectivity index (χ3v) is 5.48. The van der Waals surface area contributed by atoms with Gasteiger partial charge in [-0.2, -0.15) is 0 Å². The zero-order valence-electron chi connectivity index (χ0n) is 15.5. The lowest BCUT2D eigenvalue weighted by Crippen LogP contribution is -2.64. The SMILES string of the molecule is COCCN1C(=O)c2c(O)c(=O)ccn2N2C(c3ccc(F)cc3)CCCC12. The number of hydrogen-bond donors (Lipinski definition) is 1. The van der Waals surface area contributed by atoms with E-state index in [9.17, 15) is 19.1 Å². The number of piperidine rings is 1. The van der Waals surface area contributed by atoms with Crippen LogP contribution in [-0.4, -0.2) is 47.0 Å². The van der Waals surface area contributed by atoms with Gasteiger partial charge >= 0.3 is 0 Å². The molecule has 0 saturated carbocycles. The highest BCUT2D eigenvalue weighted by Crippen LogP contribution is 2.38. The number of rotatable bonds is 4. The van der Waals surface area contributed by atoms with Crippen molar-refractivity contribution in [3.05, 3.63) is 63.8 Å². The minimum absolute atomic E-state index is 0.0473. The molecule has 0 radical (unpaired) electrons. The predicted molar refractivity (Wildman–Crippen MR) is 100 cm³/mol. The van der Waals surface area contributed by atoms with Gasteiger partial charge in [-0.25, -0.2) is 4.39 Å². The van der Waals surface area contributed by atoms with Crippen LogP contribution in [0.25, 0.3) is 0 Å². The van der Waals surface area contributed by atoms with Crippen molar-refractivity contribution >= 4 is 5.91 Å². The van der Waals surface area contributed by atoms with Gasteiger partial charge < -0.3 is 14.7 Å². The van der Waals surface area contributed by atoms with Gasteiger partial charge in [0.25, 0.3) is 5.91 Å². The molecule has 0 bridgehead atoms. The van der Waals surface area contributed by atoms with Gasteiger partial charge in [0.05, 0.1) is 12.6 Å². The Labute approximate surface area is 161 Å². The molecule has 0 spiro atoms. The Kier molecular flexibility index (Phi) is 4.80. The summed E-state index contributed by atoms with van der Waals surface area (Å²) in [6.07, 6.45) is 3.72. The Morgan fingerprint density at radius 3 is 2.64 bits per heavy atom. The lowest BCUT2D eigenvalue weighted by Gasteiger charge is -2.52. The van der Waals surface area contributed by atoms with Crippen molar-refractivity contribution in [1.29, 1.82) is 0 Å². The largest absolute Gasteiger partial charge is 0.502 e. The first-order valence-electron chi connectivity index (χ1n) is 9.31. The summed E-state index contributed by atoms with van der Waals surface area (Å²) in [6, 6.07) is 7.43. The third kappa shape index (κ3) is 2.93. The normalized spacial score (nSPS) is 21.4. The Balaban J connectivity index is 1.86. The maximum absolute atomic E-state index is 13.4. The standard InChI is InChI=1S/C20H22FN3O4/c1-28-12-11-22-17-4-2-3-15(13-5-7-14(21)8-6-13)24(17)23-10-9-16(25)19(26)18(23)20(22)27/h5-10,15,17,26H,2-4,11-12H2,1H3. The van der Waals surface area contributed by atoms with E-state index in [1.807, 2.05) is 5.01 Å². The van der Waals surface area contributed by atoms with Crippen molar-refractivity contribution in [2.75, 3.05) is 25.3 Å². The Hall–Kier alpha value is -2.87. The molecule has 7 nitrogen and oxygen atoms in total. The van der Waals surface area contributed by atoms with Crippen molar-refractivity contribution < 1.29 is 19.0 Å². The average Bonchev–Trinajstić information content (AvgIpc) is 2.70. The molecule has 3 heterocycles. The number of nitrogens with zero attached hydrogens (tertiary/aromatic N) is 3. The molecule has 0 aliphatic carbocycles. The fourth-order valence-electron chi connectivity index (χ4n) is 4.18. The number of carbonyl (C=O) groups is 1. The van der Waals surface area contributed by atoms with Crippen LogP contribution in [0, 0.1) is 5.82 Å². The van der Waals surface area contributed by atoms with Gasteiger partial charge in [0.2, 0.25) is 5.43 Å². The van der Waals surface area contributed by atoms with Gasteiger partial charge in [-0.3, -0.25) is 19.3 Å². The molecule has 148 valence electrons. The molecule has 2 aliphatic rings. The fourth-order valence-corrected chi connectivity index (χ4v) is 4.18. The van der Waals surface area contributed by atoms with Crippen molar-refractivity contribution in [3.63, 3.8) is 0 Å². The maximum atomic E-state index is 13.4. The minimum Gasteiger partial charge on any atom is -0.502 e. The second kappa shape index (κ2) is 7.27. The highest BCUT2D eigenvalue weighted by atomic mass is 19.1. The highest BCUT2D eigenvalue weighted by molar-refractivity contribution is 5.96. The van der Waals surface area contributed by atoms with Gasteiger partial charge in [-0.15, -0.1) is 0 Å². The number of benzene rings is 1. The molecule has 1 fully saturated rings. The van der Waals surface area contributed by atoms with Crippen molar-refractivity contribution in [2.45, 2.75) is 31.5 Å². The molecule has 1 aromatic heterocycles. The van der Waals surface area contributed by atoms with Crippen LogP contribution in [0.3, 0.4) is 0 Å². The van der Waals surface area contributed by atoms with Gasteiger partial charge in [0.15, 0.2) is 11.4 Å². The van der Waals surface area contributed by atoms with Crippen LogP contribution >= 0.6 is 0 Å². The summed E-state index contributed by atoms with van der Waals surface area (Å²) >= 11 is 0. The first-order chi connectivity index (χ1) is 13.5. The van der Waals surface area contributed by atoms with Crippen LogP contribution < -0.4 is 10.4 Å². The third-order valence-electron chi connectivity index (χ3n) is 5.48. The molecule has 1 saturated heterocycles. The number of ether oxygens (including phenoxy) is 1. The summed E-state index contributed by atoms with van der Waals surface area (Å²) in [6.45, 7) is 0.685. The van der Waals surface area contributed by atoms with Crippen molar-refractivity contribution in [2.24, 2.45) is 0 Å². The topological polar surface area (TPSA) is 75.0 Å². The molecule has 2 atom stereocenters. The van der Waals surface area contributed by atoms with E-state index in [1.54, 1.807) is 28.8 Å². The molecule has 28 heavy (non-hydrogen) atoms. The van der Waals surface area contributed by atoms with Gasteiger partial charge in [0.1, 0.15) is 12.0 Å². The monoisotopic (exact) mass is 387 g/mol. The number of carbonyl (C=O) groups excluding carboxylic acids is 1. The summed E-state index contributed by atoms with van der Waals surface area (Å²) in [5.41, 5.74) is 0.269. The predicted octanol–water partition coefficient (Wildman–Crippen LogP) is 1.98. The minimum atomic E-state index is -0.597. The van der Waals surface area contributed by atoms with Crippen LogP contribution in [0.15, 0.2) is 41.3 Å². The van der Waals surface area contributed by atoms with E-state index in [0.717, 1.165) is 24.8 Å². The lowest BCUT2D eigenvalue weighted by atomic mass is 9.93. The van der Waals surface area contributed by atoms with E-state index in [1.165, 1.54) is 24.4 Å². The van der Waals surface area contributed by atoms with Crippen LogP contribution in [0.4, 0.5) is 4.39 Å². The van der Waals surface area contributed by atoms with E-state index >= 15 is 0 Å². The number of aromatic nitrogens is 1. The fraction of sp³-hybridized carbons (Fsp3) is 0.400. The first-order valence-corrected chi connectivity index (χ1v) is 9.31. The zero-order chi connectivity index (χ0) is 19.8. The van der Waals surface area contributed by atoms with Gasteiger partial charge in [0, 0.05) is 25.9 Å². The van der Waals surface area contributed by atoms with E-state index in [4.69, 9.17) is 4.74 Å². The molecule has 1 aromatic carbocycles. The molecular formula is C20H22FN3O4. The number of pyridine rings is 1. The van der Waals surface area contributed by atoms with Crippen LogP contribution in [0.2, 0.25) is 0 Å². The molecule has 2 aromatic rings. The smallest absolute Gasteiger partial charge is 0.278 e. The summed E-state index contributed by atoms with van der Waals surface area (Å²) in [5, 5.41) is 12.4. The number of fused-ring (bicyclic) bond motifs is 3. The molecule has 8 heteroatoms. The van der Waals surface area contributed by atoms with Crippen LogP contribution in [0.5, 0.6) is 5.75 Å².